The first-order valence-corrected chi connectivity index (χ1v) is 11.0. The molecule has 2 aromatic rings. The molecular weight excluding hydrogens is 436 g/mol. The number of rotatable bonds is 6. The van der Waals surface area contributed by atoms with Crippen LogP contribution in [0.3, 0.4) is 0 Å². The number of carbonyl (C=O) groups is 2. The van der Waals surface area contributed by atoms with Gasteiger partial charge < -0.3 is 14.6 Å². The molecular formula is C22H20N2O5S2. The van der Waals surface area contributed by atoms with Crippen LogP contribution >= 0.6 is 24.0 Å². The molecule has 4 rings (SSSR count). The quantitative estimate of drug-likeness (QED) is 0.512. The van der Waals surface area contributed by atoms with Crippen LogP contribution in [0.15, 0.2) is 41.4 Å². The molecule has 2 aliphatic rings. The molecule has 7 nitrogen and oxygen atoms in total. The summed E-state index contributed by atoms with van der Waals surface area (Å²) in [5.74, 6) is -0.271. The SMILES string of the molecule is CC[C@H](C)[C@@H](C(=O)O)N1C(=O)/C(=C/c2ccc(-c3ccc4c(c3)OCO4)nc2)SC1=S. The van der Waals surface area contributed by atoms with E-state index in [2.05, 4.69) is 4.98 Å². The topological polar surface area (TPSA) is 89.0 Å². The highest BCUT2D eigenvalue weighted by Gasteiger charge is 2.42. The largest absolute Gasteiger partial charge is 0.480 e. The van der Waals surface area contributed by atoms with E-state index in [0.29, 0.717) is 22.8 Å². The van der Waals surface area contributed by atoms with E-state index in [1.54, 1.807) is 19.2 Å². The zero-order chi connectivity index (χ0) is 22.1. The first-order chi connectivity index (χ1) is 14.9. The Balaban J connectivity index is 1.55. The molecule has 1 saturated heterocycles. The van der Waals surface area contributed by atoms with Crippen LogP contribution in [-0.2, 0) is 9.59 Å². The number of fused-ring (bicyclic) bond motifs is 1. The van der Waals surface area contributed by atoms with Gasteiger partial charge in [0.15, 0.2) is 11.5 Å². The van der Waals surface area contributed by atoms with E-state index < -0.39 is 12.0 Å². The summed E-state index contributed by atoms with van der Waals surface area (Å²) in [4.78, 5) is 30.8. The third-order valence-electron chi connectivity index (χ3n) is 5.29. The maximum atomic E-state index is 12.9. The summed E-state index contributed by atoms with van der Waals surface area (Å²) in [6.45, 7) is 3.91. The van der Waals surface area contributed by atoms with Gasteiger partial charge in [-0.1, -0.05) is 50.3 Å². The smallest absolute Gasteiger partial charge is 0.327 e. The van der Waals surface area contributed by atoms with E-state index in [1.165, 1.54) is 4.90 Å². The molecule has 0 aliphatic carbocycles. The first-order valence-electron chi connectivity index (χ1n) is 9.75. The molecule has 0 bridgehead atoms. The molecule has 1 amide bonds. The first kappa shape index (κ1) is 21.3. The van der Waals surface area contributed by atoms with Gasteiger partial charge in [-0.25, -0.2) is 4.79 Å². The second kappa shape index (κ2) is 8.68. The molecule has 160 valence electrons. The zero-order valence-electron chi connectivity index (χ0n) is 16.9. The van der Waals surface area contributed by atoms with Gasteiger partial charge in [0.2, 0.25) is 6.79 Å². The number of aliphatic carboxylic acids is 1. The summed E-state index contributed by atoms with van der Waals surface area (Å²) in [5, 5.41) is 9.63. The molecule has 0 unspecified atom stereocenters. The number of amides is 1. The van der Waals surface area contributed by atoms with E-state index in [1.807, 2.05) is 37.3 Å². The number of nitrogens with zero attached hydrogens (tertiary/aromatic N) is 2. The fraction of sp³-hybridized carbons (Fsp3) is 0.273. The number of pyridine rings is 1. The number of hydrogen-bond donors (Lipinski definition) is 1. The summed E-state index contributed by atoms with van der Waals surface area (Å²) in [7, 11) is 0. The zero-order valence-corrected chi connectivity index (χ0v) is 18.5. The molecule has 0 radical (unpaired) electrons. The van der Waals surface area contributed by atoms with Crippen LogP contribution in [0, 0.1) is 5.92 Å². The molecule has 1 N–H and O–H groups in total. The maximum Gasteiger partial charge on any atom is 0.327 e. The van der Waals surface area contributed by atoms with Crippen molar-refractivity contribution in [2.24, 2.45) is 5.92 Å². The Hall–Kier alpha value is -2.91. The Morgan fingerprint density at radius 1 is 1.32 bits per heavy atom. The van der Waals surface area contributed by atoms with Gasteiger partial charge in [0, 0.05) is 11.8 Å². The lowest BCUT2D eigenvalue weighted by Crippen LogP contribution is -2.47. The fourth-order valence-electron chi connectivity index (χ4n) is 3.42. The van der Waals surface area contributed by atoms with Crippen molar-refractivity contribution in [3.05, 3.63) is 47.0 Å². The number of thioether (sulfide) groups is 1. The number of carbonyl (C=O) groups excluding carboxylic acids is 1. The van der Waals surface area contributed by atoms with Crippen molar-refractivity contribution in [2.45, 2.75) is 26.3 Å². The lowest BCUT2D eigenvalue weighted by atomic mass is 9.98. The number of ether oxygens (including phenoxy) is 2. The van der Waals surface area contributed by atoms with E-state index >= 15 is 0 Å². The average Bonchev–Trinajstić information content (AvgIpc) is 3.33. The minimum atomic E-state index is -1.05. The van der Waals surface area contributed by atoms with Crippen LogP contribution in [0.5, 0.6) is 11.5 Å². The maximum absolute atomic E-state index is 12.9. The van der Waals surface area contributed by atoms with Crippen LogP contribution < -0.4 is 9.47 Å². The van der Waals surface area contributed by atoms with Crippen LogP contribution in [0.1, 0.15) is 25.8 Å². The highest BCUT2D eigenvalue weighted by molar-refractivity contribution is 8.26. The lowest BCUT2D eigenvalue weighted by Gasteiger charge is -2.27. The van der Waals surface area contributed by atoms with E-state index in [9.17, 15) is 14.7 Å². The summed E-state index contributed by atoms with van der Waals surface area (Å²) < 4.78 is 11.0. The molecule has 0 saturated carbocycles. The summed E-state index contributed by atoms with van der Waals surface area (Å²) in [5.41, 5.74) is 2.37. The summed E-state index contributed by atoms with van der Waals surface area (Å²) in [6, 6.07) is 8.34. The second-order valence-electron chi connectivity index (χ2n) is 7.27. The second-order valence-corrected chi connectivity index (χ2v) is 8.94. The van der Waals surface area contributed by atoms with Gasteiger partial charge in [-0.2, -0.15) is 0 Å². The number of hydrogen-bond acceptors (Lipinski definition) is 7. The highest BCUT2D eigenvalue weighted by atomic mass is 32.2. The average molecular weight is 457 g/mol. The molecule has 3 heterocycles. The van der Waals surface area contributed by atoms with Gasteiger partial charge in [0.05, 0.1) is 10.6 Å². The van der Waals surface area contributed by atoms with Gasteiger partial charge in [0.1, 0.15) is 10.4 Å². The van der Waals surface area contributed by atoms with Crippen molar-refractivity contribution in [2.75, 3.05) is 6.79 Å². The predicted molar refractivity (Wildman–Crippen MR) is 122 cm³/mol. The molecule has 1 aromatic carbocycles. The Kier molecular flexibility index (Phi) is 5.97. The van der Waals surface area contributed by atoms with Gasteiger partial charge in [-0.05, 0) is 41.8 Å². The van der Waals surface area contributed by atoms with Crippen LogP contribution in [0.25, 0.3) is 17.3 Å². The standard InChI is InChI=1S/C22H20N2O5S2/c1-3-12(2)19(21(26)27)24-20(25)18(31-22(24)30)8-13-4-6-15(23-10-13)14-5-7-16-17(9-14)29-11-28-16/h4-10,12,19H,3,11H2,1-2H3,(H,26,27)/b18-8-/t12-,19-/m0/s1. The van der Waals surface area contributed by atoms with Crippen molar-refractivity contribution in [1.82, 2.24) is 9.88 Å². The monoisotopic (exact) mass is 456 g/mol. The van der Waals surface area contributed by atoms with Gasteiger partial charge in [-0.3, -0.25) is 14.7 Å². The van der Waals surface area contributed by atoms with Crippen LogP contribution in [-0.4, -0.2) is 44.0 Å². The Labute approximate surface area is 189 Å². The van der Waals surface area contributed by atoms with Gasteiger partial charge >= 0.3 is 5.97 Å². The minimum absolute atomic E-state index is 0.211. The molecule has 1 aromatic heterocycles. The van der Waals surface area contributed by atoms with Crippen molar-refractivity contribution in [3.63, 3.8) is 0 Å². The van der Waals surface area contributed by atoms with Gasteiger partial charge in [-0.15, -0.1) is 0 Å². The van der Waals surface area contributed by atoms with Crippen molar-refractivity contribution in [3.8, 4) is 22.8 Å². The van der Waals surface area contributed by atoms with E-state index in [-0.39, 0.29) is 22.9 Å². The minimum Gasteiger partial charge on any atom is -0.480 e. The predicted octanol–water partition coefficient (Wildman–Crippen LogP) is 4.18. The molecule has 31 heavy (non-hydrogen) atoms. The number of carboxylic acids is 1. The fourth-order valence-corrected chi connectivity index (χ4v) is 4.75. The van der Waals surface area contributed by atoms with Gasteiger partial charge in [0.25, 0.3) is 5.91 Å². The van der Waals surface area contributed by atoms with Crippen LogP contribution in [0.2, 0.25) is 0 Å². The summed E-state index contributed by atoms with van der Waals surface area (Å²) in [6.07, 6.45) is 3.97. The van der Waals surface area contributed by atoms with E-state index in [0.717, 1.165) is 28.6 Å². The summed E-state index contributed by atoms with van der Waals surface area (Å²) >= 11 is 6.44. The third kappa shape index (κ3) is 4.15. The number of thiocarbonyl (C=S) groups is 1. The number of aromatic nitrogens is 1. The van der Waals surface area contributed by atoms with Crippen molar-refractivity contribution in [1.29, 1.82) is 0 Å². The molecule has 9 heteroatoms. The highest BCUT2D eigenvalue weighted by Crippen LogP contribution is 2.37. The lowest BCUT2D eigenvalue weighted by molar-refractivity contribution is -0.147. The van der Waals surface area contributed by atoms with Crippen molar-refractivity contribution < 1.29 is 24.2 Å². The Bertz CT molecular complexity index is 1080. The van der Waals surface area contributed by atoms with Crippen molar-refractivity contribution >= 4 is 46.3 Å². The molecule has 2 aliphatic heterocycles. The number of benzene rings is 1. The third-order valence-corrected chi connectivity index (χ3v) is 6.62. The Morgan fingerprint density at radius 2 is 2.10 bits per heavy atom. The molecule has 0 spiro atoms. The van der Waals surface area contributed by atoms with E-state index in [4.69, 9.17) is 21.7 Å². The Morgan fingerprint density at radius 3 is 2.77 bits per heavy atom. The number of carboxylic acid groups (broad SMARTS) is 1. The molecule has 1 fully saturated rings. The molecule has 2 atom stereocenters. The normalized spacial score (nSPS) is 18.5. The van der Waals surface area contributed by atoms with Crippen LogP contribution in [0.4, 0.5) is 0 Å².